The van der Waals surface area contributed by atoms with Crippen LogP contribution in [0.15, 0.2) is 24.3 Å². The number of amides is 1. The fourth-order valence-electron chi connectivity index (χ4n) is 1.79. The molecule has 0 saturated carbocycles. The number of aliphatic hydroxyl groups excluding tert-OH is 1. The van der Waals surface area contributed by atoms with E-state index in [0.29, 0.717) is 12.0 Å². The maximum absolute atomic E-state index is 11.7. The van der Waals surface area contributed by atoms with Crippen LogP contribution in [0.5, 0.6) is 0 Å². The molecule has 0 fully saturated rings. The first kappa shape index (κ1) is 15.2. The third-order valence-electron chi connectivity index (χ3n) is 2.76. The third kappa shape index (κ3) is 5.09. The monoisotopic (exact) mass is 265 g/mol. The fraction of sp³-hybridized carbons (Fsp3) is 0.429. The van der Waals surface area contributed by atoms with E-state index < -0.39 is 12.1 Å². The molecule has 1 amide bonds. The van der Waals surface area contributed by atoms with E-state index >= 15 is 0 Å². The van der Waals surface area contributed by atoms with Gasteiger partial charge in [-0.25, -0.2) is 4.79 Å². The number of rotatable bonds is 7. The highest BCUT2D eigenvalue weighted by Crippen LogP contribution is 2.09. The molecule has 1 unspecified atom stereocenters. The Balaban J connectivity index is 2.55. The zero-order chi connectivity index (χ0) is 14.3. The number of carbonyl (C=O) groups excluding carboxylic acids is 1. The van der Waals surface area contributed by atoms with Crippen molar-refractivity contribution in [3.05, 3.63) is 35.4 Å². The summed E-state index contributed by atoms with van der Waals surface area (Å²) in [5, 5.41) is 21.1. The van der Waals surface area contributed by atoms with Crippen LogP contribution in [0.1, 0.15) is 35.7 Å². The maximum Gasteiger partial charge on any atom is 0.335 e. The first-order chi connectivity index (χ1) is 9.04. The molecule has 19 heavy (non-hydrogen) atoms. The second-order valence-corrected chi connectivity index (χ2v) is 4.39. The van der Waals surface area contributed by atoms with Crippen molar-refractivity contribution in [2.24, 2.45) is 0 Å². The molecule has 0 aliphatic heterocycles. The van der Waals surface area contributed by atoms with Crippen molar-refractivity contribution in [1.82, 2.24) is 5.32 Å². The summed E-state index contributed by atoms with van der Waals surface area (Å²) in [5.41, 5.74) is 0.601. The van der Waals surface area contributed by atoms with E-state index in [0.717, 1.165) is 6.42 Å². The molecule has 1 atom stereocenters. The Hall–Kier alpha value is -1.88. The first-order valence-corrected chi connectivity index (χ1v) is 6.30. The summed E-state index contributed by atoms with van der Waals surface area (Å²) in [6.07, 6.45) is 0.926. The summed E-state index contributed by atoms with van der Waals surface area (Å²) in [5.74, 6) is -1.33. The molecule has 0 aliphatic rings. The van der Waals surface area contributed by atoms with Crippen LogP contribution in [-0.2, 0) is 11.2 Å². The second-order valence-electron chi connectivity index (χ2n) is 4.39. The molecule has 0 bridgehead atoms. The van der Waals surface area contributed by atoms with Gasteiger partial charge >= 0.3 is 5.97 Å². The molecule has 0 heterocycles. The van der Waals surface area contributed by atoms with E-state index in [1.54, 1.807) is 18.2 Å². The van der Waals surface area contributed by atoms with Crippen molar-refractivity contribution in [3.8, 4) is 0 Å². The van der Waals surface area contributed by atoms with E-state index in [2.05, 4.69) is 5.32 Å². The van der Waals surface area contributed by atoms with Gasteiger partial charge in [0.1, 0.15) is 0 Å². The van der Waals surface area contributed by atoms with Gasteiger partial charge in [-0.15, -0.1) is 0 Å². The van der Waals surface area contributed by atoms with Gasteiger partial charge < -0.3 is 15.5 Å². The summed E-state index contributed by atoms with van der Waals surface area (Å²) in [7, 11) is 0. The molecule has 1 rings (SSSR count). The molecule has 5 nitrogen and oxygen atoms in total. The molecule has 0 spiro atoms. The Kier molecular flexibility index (Phi) is 6.02. The van der Waals surface area contributed by atoms with Gasteiger partial charge in [0.05, 0.1) is 18.1 Å². The first-order valence-electron chi connectivity index (χ1n) is 6.30. The number of carboxylic acids is 1. The van der Waals surface area contributed by atoms with E-state index in [-0.39, 0.29) is 24.4 Å². The topological polar surface area (TPSA) is 86.6 Å². The zero-order valence-electron chi connectivity index (χ0n) is 10.9. The molecule has 1 aromatic rings. The van der Waals surface area contributed by atoms with E-state index in [1.165, 1.54) is 6.07 Å². The predicted octanol–water partition coefficient (Wildman–Crippen LogP) is 1.20. The van der Waals surface area contributed by atoms with Crippen molar-refractivity contribution >= 4 is 11.9 Å². The van der Waals surface area contributed by atoms with Crippen LogP contribution in [0, 0.1) is 0 Å². The minimum absolute atomic E-state index is 0.00131. The van der Waals surface area contributed by atoms with Gasteiger partial charge in [-0.1, -0.05) is 31.5 Å². The van der Waals surface area contributed by atoms with Crippen LogP contribution in [0.3, 0.4) is 0 Å². The lowest BCUT2D eigenvalue weighted by molar-refractivity contribution is -0.120. The number of carboxylic acid groups (broad SMARTS) is 1. The third-order valence-corrected chi connectivity index (χ3v) is 2.76. The minimum Gasteiger partial charge on any atom is -0.478 e. The van der Waals surface area contributed by atoms with E-state index in [9.17, 15) is 14.7 Å². The molecule has 104 valence electrons. The number of hydrogen-bond acceptors (Lipinski definition) is 3. The number of aromatic carboxylic acids is 1. The summed E-state index contributed by atoms with van der Waals surface area (Å²) < 4.78 is 0. The van der Waals surface area contributed by atoms with Crippen molar-refractivity contribution in [2.75, 3.05) is 6.54 Å². The van der Waals surface area contributed by atoms with Crippen molar-refractivity contribution in [1.29, 1.82) is 0 Å². The normalized spacial score (nSPS) is 11.9. The van der Waals surface area contributed by atoms with Crippen LogP contribution in [0.2, 0.25) is 0 Å². The highest BCUT2D eigenvalue weighted by Gasteiger charge is 2.13. The molecular weight excluding hydrogens is 246 g/mol. The van der Waals surface area contributed by atoms with Gasteiger partial charge in [0, 0.05) is 6.54 Å². The molecule has 0 radical (unpaired) electrons. The molecule has 5 heteroatoms. The van der Waals surface area contributed by atoms with Crippen molar-refractivity contribution < 1.29 is 19.8 Å². The highest BCUT2D eigenvalue weighted by atomic mass is 16.4. The lowest BCUT2D eigenvalue weighted by Crippen LogP contribution is -2.33. The van der Waals surface area contributed by atoms with Gasteiger partial charge in [-0.3, -0.25) is 4.79 Å². The average molecular weight is 265 g/mol. The number of benzene rings is 1. The fourth-order valence-corrected chi connectivity index (χ4v) is 1.79. The van der Waals surface area contributed by atoms with Gasteiger partial charge in [-0.2, -0.15) is 0 Å². The number of hydrogen-bond donors (Lipinski definition) is 3. The van der Waals surface area contributed by atoms with Gasteiger partial charge in [-0.05, 0) is 18.1 Å². The largest absolute Gasteiger partial charge is 0.478 e. The number of aliphatic hydroxyl groups is 1. The molecule has 0 aromatic heterocycles. The highest BCUT2D eigenvalue weighted by molar-refractivity contribution is 5.91. The minimum atomic E-state index is -1.05. The summed E-state index contributed by atoms with van der Waals surface area (Å²) in [4.78, 5) is 22.7. The Labute approximate surface area is 112 Å². The molecule has 0 saturated heterocycles. The van der Waals surface area contributed by atoms with Crippen molar-refractivity contribution in [3.63, 3.8) is 0 Å². The number of carbonyl (C=O) groups is 2. The summed E-state index contributed by atoms with van der Waals surface area (Å²) >= 11 is 0. The SMILES string of the molecule is CCCC(O)CNC(=O)Cc1ccccc1C(=O)O. The lowest BCUT2D eigenvalue weighted by atomic mass is 10.0. The van der Waals surface area contributed by atoms with Crippen LogP contribution in [0.4, 0.5) is 0 Å². The van der Waals surface area contributed by atoms with Crippen LogP contribution in [0.25, 0.3) is 0 Å². The Morgan fingerprint density at radius 1 is 1.32 bits per heavy atom. The van der Waals surface area contributed by atoms with Gasteiger partial charge in [0.25, 0.3) is 0 Å². The van der Waals surface area contributed by atoms with Crippen LogP contribution < -0.4 is 5.32 Å². The molecule has 0 aliphatic carbocycles. The van der Waals surface area contributed by atoms with Gasteiger partial charge in [0.2, 0.25) is 5.91 Å². The maximum atomic E-state index is 11.7. The van der Waals surface area contributed by atoms with Crippen LogP contribution in [-0.4, -0.2) is 34.7 Å². The van der Waals surface area contributed by atoms with Crippen LogP contribution >= 0.6 is 0 Å². The predicted molar refractivity (Wildman–Crippen MR) is 71.0 cm³/mol. The quantitative estimate of drug-likeness (QED) is 0.691. The lowest BCUT2D eigenvalue weighted by Gasteiger charge is -2.11. The Bertz CT molecular complexity index is 445. The average Bonchev–Trinajstić information content (AvgIpc) is 2.37. The Morgan fingerprint density at radius 3 is 2.63 bits per heavy atom. The van der Waals surface area contributed by atoms with E-state index in [4.69, 9.17) is 5.11 Å². The molecule has 3 N–H and O–H groups in total. The van der Waals surface area contributed by atoms with Gasteiger partial charge in [0.15, 0.2) is 0 Å². The Morgan fingerprint density at radius 2 is 2.00 bits per heavy atom. The number of nitrogens with one attached hydrogen (secondary N) is 1. The molecular formula is C14H19NO4. The smallest absolute Gasteiger partial charge is 0.335 e. The van der Waals surface area contributed by atoms with Crippen molar-refractivity contribution in [2.45, 2.75) is 32.3 Å². The summed E-state index contributed by atoms with van der Waals surface area (Å²) in [6.45, 7) is 2.15. The molecule has 1 aromatic carbocycles. The standard InChI is InChI=1S/C14H19NO4/c1-2-5-11(16)9-15-13(17)8-10-6-3-4-7-12(10)14(18)19/h3-4,6-7,11,16H,2,5,8-9H2,1H3,(H,15,17)(H,18,19). The zero-order valence-corrected chi connectivity index (χ0v) is 10.9. The van der Waals surface area contributed by atoms with E-state index in [1.807, 2.05) is 6.92 Å². The second kappa shape index (κ2) is 7.53. The summed E-state index contributed by atoms with van der Waals surface area (Å²) in [6, 6.07) is 6.40.